The Kier molecular flexibility index (Phi) is 20.5. The first-order valence-corrected chi connectivity index (χ1v) is 16.5. The molecular formula is C42H55N7. The van der Waals surface area contributed by atoms with Crippen LogP contribution in [-0.2, 0) is 6.42 Å². The fraction of sp³-hybridized carbons (Fsp3) is 0.310. The SMILES string of the molecule is CCc1cccc(C)c1.Cc1ccc(C)cc1.Cc1ccc(C)nc1.Cc1ccnc(C)n1.Cc1ccnc(C)n1.Cc1nccnc1C. The van der Waals surface area contributed by atoms with Crippen LogP contribution < -0.4 is 0 Å². The zero-order chi connectivity index (χ0) is 36.6. The smallest absolute Gasteiger partial charge is 0.125 e. The average molecular weight is 658 g/mol. The number of nitrogens with zero attached hydrogens (tertiary/aromatic N) is 7. The van der Waals surface area contributed by atoms with E-state index in [0.717, 1.165) is 46.5 Å². The number of hydrogen-bond acceptors (Lipinski definition) is 7. The second-order valence-corrected chi connectivity index (χ2v) is 11.7. The van der Waals surface area contributed by atoms with E-state index in [4.69, 9.17) is 0 Å². The first kappa shape index (κ1) is 41.9. The molecule has 0 radical (unpaired) electrons. The molecule has 258 valence electrons. The van der Waals surface area contributed by atoms with Crippen LogP contribution in [0.15, 0.2) is 104 Å². The molecule has 49 heavy (non-hydrogen) atoms. The van der Waals surface area contributed by atoms with Gasteiger partial charge in [-0.25, -0.2) is 19.9 Å². The third kappa shape index (κ3) is 21.4. The van der Waals surface area contributed by atoms with Gasteiger partial charge in [0.2, 0.25) is 0 Å². The quantitative estimate of drug-likeness (QED) is 0.174. The molecule has 0 amide bonds. The lowest BCUT2D eigenvalue weighted by Gasteiger charge is -1.95. The molecule has 0 saturated heterocycles. The highest BCUT2D eigenvalue weighted by molar-refractivity contribution is 5.22. The monoisotopic (exact) mass is 657 g/mol. The molecular weight excluding hydrogens is 603 g/mol. The summed E-state index contributed by atoms with van der Waals surface area (Å²) in [6.45, 7) is 24.1. The van der Waals surface area contributed by atoms with Crippen molar-refractivity contribution < 1.29 is 0 Å². The minimum Gasteiger partial charge on any atom is -0.261 e. The molecule has 0 unspecified atom stereocenters. The number of aryl methyl sites for hydroxylation is 12. The molecule has 0 N–H and O–H groups in total. The summed E-state index contributed by atoms with van der Waals surface area (Å²) in [6, 6.07) is 24.9. The third-order valence-electron chi connectivity index (χ3n) is 6.73. The summed E-state index contributed by atoms with van der Waals surface area (Å²) >= 11 is 0. The highest BCUT2D eigenvalue weighted by atomic mass is 14.9. The Labute approximate surface area is 295 Å². The Balaban J connectivity index is 0.000000294. The van der Waals surface area contributed by atoms with E-state index in [0.29, 0.717) is 0 Å². The molecule has 0 atom stereocenters. The van der Waals surface area contributed by atoms with Gasteiger partial charge < -0.3 is 0 Å². The second kappa shape index (κ2) is 24.0. The van der Waals surface area contributed by atoms with Crippen LogP contribution in [-0.4, -0.2) is 34.9 Å². The molecule has 0 aliphatic rings. The highest BCUT2D eigenvalue weighted by Gasteiger charge is 1.88. The van der Waals surface area contributed by atoms with E-state index in [2.05, 4.69) is 117 Å². The summed E-state index contributed by atoms with van der Waals surface area (Å²) in [6.07, 6.45) is 9.93. The zero-order valence-corrected chi connectivity index (χ0v) is 31.7. The van der Waals surface area contributed by atoms with Crippen LogP contribution in [0.3, 0.4) is 0 Å². The van der Waals surface area contributed by atoms with Crippen molar-refractivity contribution in [3.8, 4) is 0 Å². The molecule has 6 rings (SSSR count). The minimum absolute atomic E-state index is 0.838. The predicted octanol–water partition coefficient (Wildman–Crippen LogP) is 9.84. The maximum absolute atomic E-state index is 4.08. The fourth-order valence-corrected chi connectivity index (χ4v) is 3.74. The standard InChI is InChI=1S/C9H12.C8H10.C7H9N.3C6H8N2/c1-3-9-6-4-5-8(2)7-9;1-7-3-5-8(2)6-4-7;1-6-3-4-7(2)8-5-6;1-5-6(2)8-4-3-7-5;2*1-5-3-4-7-6(2)8-5/h4-7H,3H2,1-2H3;3-6H,1-2H3;3-5H,1-2H3;3*3-4H,1-2H3. The molecule has 4 heterocycles. The van der Waals surface area contributed by atoms with Gasteiger partial charge in [-0.1, -0.05) is 78.2 Å². The van der Waals surface area contributed by atoms with Crippen LogP contribution in [0, 0.1) is 76.2 Å². The number of benzene rings is 2. The largest absolute Gasteiger partial charge is 0.261 e. The first-order valence-electron chi connectivity index (χ1n) is 16.5. The van der Waals surface area contributed by atoms with Gasteiger partial charge in [0.15, 0.2) is 0 Å². The van der Waals surface area contributed by atoms with E-state index in [-0.39, 0.29) is 0 Å². The normalized spacial score (nSPS) is 9.31. The van der Waals surface area contributed by atoms with Crippen LogP contribution in [0.2, 0.25) is 0 Å². The Morgan fingerprint density at radius 1 is 0.408 bits per heavy atom. The van der Waals surface area contributed by atoms with Gasteiger partial charge in [-0.3, -0.25) is 15.0 Å². The van der Waals surface area contributed by atoms with Gasteiger partial charge in [-0.05, 0) is 112 Å². The molecule has 7 heteroatoms. The summed E-state index contributed by atoms with van der Waals surface area (Å²) in [7, 11) is 0. The molecule has 7 nitrogen and oxygen atoms in total. The molecule has 0 aliphatic heterocycles. The van der Waals surface area contributed by atoms with Gasteiger partial charge in [-0.2, -0.15) is 0 Å². The topological polar surface area (TPSA) is 90.2 Å². The van der Waals surface area contributed by atoms with E-state index in [1.165, 1.54) is 27.8 Å². The summed E-state index contributed by atoms with van der Waals surface area (Å²) in [5.74, 6) is 1.68. The van der Waals surface area contributed by atoms with Gasteiger partial charge in [-0.15, -0.1) is 0 Å². The fourth-order valence-electron chi connectivity index (χ4n) is 3.74. The van der Waals surface area contributed by atoms with Crippen LogP contribution in [0.25, 0.3) is 0 Å². The number of hydrogen-bond donors (Lipinski definition) is 0. The molecule has 0 bridgehead atoms. The lowest BCUT2D eigenvalue weighted by atomic mass is 10.1. The van der Waals surface area contributed by atoms with Crippen molar-refractivity contribution in [2.24, 2.45) is 0 Å². The minimum atomic E-state index is 0.838. The Morgan fingerprint density at radius 3 is 1.16 bits per heavy atom. The molecule has 0 aliphatic carbocycles. The van der Waals surface area contributed by atoms with Crippen molar-refractivity contribution in [1.29, 1.82) is 0 Å². The Hall–Kier alpha value is -5.17. The van der Waals surface area contributed by atoms with E-state index < -0.39 is 0 Å². The van der Waals surface area contributed by atoms with Gasteiger partial charge in [0.05, 0.1) is 11.4 Å². The number of pyridine rings is 1. The average Bonchev–Trinajstić information content (AvgIpc) is 3.06. The lowest BCUT2D eigenvalue weighted by Crippen LogP contribution is -1.87. The molecule has 6 aromatic rings. The number of rotatable bonds is 1. The van der Waals surface area contributed by atoms with Gasteiger partial charge in [0.25, 0.3) is 0 Å². The summed E-state index contributed by atoms with van der Waals surface area (Å²) < 4.78 is 0. The second-order valence-electron chi connectivity index (χ2n) is 11.7. The lowest BCUT2D eigenvalue weighted by molar-refractivity contribution is 1.01. The maximum Gasteiger partial charge on any atom is 0.125 e. The van der Waals surface area contributed by atoms with E-state index in [9.17, 15) is 0 Å². The van der Waals surface area contributed by atoms with Gasteiger partial charge in [0, 0.05) is 48.1 Å². The van der Waals surface area contributed by atoms with Crippen molar-refractivity contribution >= 4 is 0 Å². The summed E-state index contributed by atoms with van der Waals surface area (Å²) in [4.78, 5) is 28.1. The van der Waals surface area contributed by atoms with Crippen molar-refractivity contribution in [2.45, 2.75) is 89.5 Å². The van der Waals surface area contributed by atoms with Crippen LogP contribution in [0.1, 0.15) is 74.9 Å². The molecule has 0 spiro atoms. The van der Waals surface area contributed by atoms with E-state index >= 15 is 0 Å². The van der Waals surface area contributed by atoms with Crippen molar-refractivity contribution in [3.63, 3.8) is 0 Å². The summed E-state index contributed by atoms with van der Waals surface area (Å²) in [5.41, 5.74) is 11.8. The third-order valence-corrected chi connectivity index (χ3v) is 6.73. The highest BCUT2D eigenvalue weighted by Crippen LogP contribution is 2.03. The molecule has 4 aromatic heterocycles. The van der Waals surface area contributed by atoms with Crippen molar-refractivity contribution in [2.75, 3.05) is 0 Å². The van der Waals surface area contributed by atoms with Crippen molar-refractivity contribution in [1.82, 2.24) is 34.9 Å². The van der Waals surface area contributed by atoms with E-state index in [1.807, 2.05) is 79.8 Å². The summed E-state index contributed by atoms with van der Waals surface area (Å²) in [5, 5.41) is 0. The van der Waals surface area contributed by atoms with Crippen LogP contribution >= 0.6 is 0 Å². The first-order chi connectivity index (χ1) is 23.3. The molecule has 0 fully saturated rings. The predicted molar refractivity (Wildman–Crippen MR) is 205 cm³/mol. The van der Waals surface area contributed by atoms with E-state index in [1.54, 1.807) is 24.8 Å². The number of aromatic nitrogens is 7. The van der Waals surface area contributed by atoms with Crippen LogP contribution in [0.4, 0.5) is 0 Å². The van der Waals surface area contributed by atoms with Gasteiger partial charge >= 0.3 is 0 Å². The van der Waals surface area contributed by atoms with Gasteiger partial charge in [0.1, 0.15) is 11.6 Å². The molecule has 0 saturated carbocycles. The van der Waals surface area contributed by atoms with Crippen LogP contribution in [0.5, 0.6) is 0 Å². The molecule has 2 aromatic carbocycles. The van der Waals surface area contributed by atoms with Crippen molar-refractivity contribution in [3.05, 3.63) is 172 Å². The maximum atomic E-state index is 4.08. The zero-order valence-electron chi connectivity index (χ0n) is 31.7. The Morgan fingerprint density at radius 2 is 0.878 bits per heavy atom. The Bertz CT molecular complexity index is 1560.